The van der Waals surface area contributed by atoms with E-state index >= 15 is 0 Å². The molecule has 154 valence electrons. The quantitative estimate of drug-likeness (QED) is 0.361. The second-order valence-corrected chi connectivity index (χ2v) is 8.43. The molecule has 0 aliphatic carbocycles. The molecule has 0 fully saturated rings. The Labute approximate surface area is 185 Å². The Bertz CT molecular complexity index is 1200. The average molecular weight is 489 g/mol. The molecule has 0 saturated carbocycles. The molecule has 4 rings (SSSR count). The van der Waals surface area contributed by atoms with Crippen LogP contribution in [0, 0.1) is 12.7 Å². The van der Waals surface area contributed by atoms with Crippen molar-refractivity contribution in [2.45, 2.75) is 13.3 Å². The van der Waals surface area contributed by atoms with Gasteiger partial charge in [-0.25, -0.2) is 19.3 Å². The second-order valence-electron chi connectivity index (χ2n) is 6.45. The number of hydrogen-bond acceptors (Lipinski definition) is 7. The molecule has 30 heavy (non-hydrogen) atoms. The third-order valence-corrected chi connectivity index (χ3v) is 5.70. The highest BCUT2D eigenvalue weighted by atomic mass is 79.9. The maximum Gasteiger partial charge on any atom is 0.163 e. The standard InChI is InChI=1S/C21H18BrFN4O2S/c1-12-26-14(10-30-12)5-6-29-20-9-18-15(8-19(20)28-2)21(25-11-24-18)27-17-4-3-13(22)7-16(17)23/h3-4,7-11H,5-6H2,1-2H3,(H,24,25,27). The van der Waals surface area contributed by atoms with E-state index < -0.39 is 0 Å². The number of anilines is 2. The van der Waals surface area contributed by atoms with Gasteiger partial charge in [-0.15, -0.1) is 11.3 Å². The molecular formula is C21H18BrFN4O2S. The van der Waals surface area contributed by atoms with Crippen molar-refractivity contribution in [1.29, 1.82) is 0 Å². The van der Waals surface area contributed by atoms with Crippen LogP contribution in [0.5, 0.6) is 11.5 Å². The topological polar surface area (TPSA) is 69.2 Å². The summed E-state index contributed by atoms with van der Waals surface area (Å²) in [6.45, 7) is 2.44. The molecule has 0 saturated heterocycles. The number of fused-ring (bicyclic) bond motifs is 1. The van der Waals surface area contributed by atoms with Gasteiger partial charge in [0.05, 0.1) is 35.6 Å². The Morgan fingerprint density at radius 3 is 2.77 bits per heavy atom. The monoisotopic (exact) mass is 488 g/mol. The fourth-order valence-electron chi connectivity index (χ4n) is 2.94. The lowest BCUT2D eigenvalue weighted by atomic mass is 10.2. The fourth-order valence-corrected chi connectivity index (χ4v) is 3.92. The number of nitrogens with zero attached hydrogens (tertiary/aromatic N) is 3. The van der Waals surface area contributed by atoms with E-state index in [1.165, 1.54) is 12.4 Å². The lowest BCUT2D eigenvalue weighted by Crippen LogP contribution is -2.04. The molecule has 6 nitrogen and oxygen atoms in total. The summed E-state index contributed by atoms with van der Waals surface area (Å²) < 4.78 is 26.3. The van der Waals surface area contributed by atoms with Crippen LogP contribution >= 0.6 is 27.3 Å². The van der Waals surface area contributed by atoms with E-state index in [4.69, 9.17) is 9.47 Å². The summed E-state index contributed by atoms with van der Waals surface area (Å²) >= 11 is 4.88. The molecule has 2 aromatic heterocycles. The summed E-state index contributed by atoms with van der Waals surface area (Å²) in [5.41, 5.74) is 1.98. The van der Waals surface area contributed by atoms with E-state index in [2.05, 4.69) is 36.2 Å². The van der Waals surface area contributed by atoms with Crippen molar-refractivity contribution in [2.24, 2.45) is 0 Å². The molecule has 0 aliphatic heterocycles. The minimum absolute atomic E-state index is 0.316. The van der Waals surface area contributed by atoms with Crippen LogP contribution in [0.4, 0.5) is 15.9 Å². The number of halogens is 2. The van der Waals surface area contributed by atoms with Crippen LogP contribution in [-0.4, -0.2) is 28.7 Å². The molecular weight excluding hydrogens is 471 g/mol. The predicted molar refractivity (Wildman–Crippen MR) is 120 cm³/mol. The highest BCUT2D eigenvalue weighted by molar-refractivity contribution is 9.10. The first kappa shape index (κ1) is 20.5. The molecule has 0 atom stereocenters. The largest absolute Gasteiger partial charge is 0.493 e. The van der Waals surface area contributed by atoms with Crippen LogP contribution in [0.1, 0.15) is 10.7 Å². The maximum atomic E-state index is 14.2. The molecule has 0 aliphatic rings. The van der Waals surface area contributed by atoms with Gasteiger partial charge >= 0.3 is 0 Å². The number of aromatic nitrogens is 3. The SMILES string of the molecule is COc1cc2c(Nc3ccc(Br)cc3F)ncnc2cc1OCCc1csc(C)n1. The smallest absolute Gasteiger partial charge is 0.163 e. The molecule has 4 aromatic rings. The lowest BCUT2D eigenvalue weighted by Gasteiger charge is -2.14. The van der Waals surface area contributed by atoms with E-state index in [1.54, 1.807) is 42.7 Å². The average Bonchev–Trinajstić information content (AvgIpc) is 3.14. The van der Waals surface area contributed by atoms with Gasteiger partial charge < -0.3 is 14.8 Å². The van der Waals surface area contributed by atoms with Crippen molar-refractivity contribution in [3.05, 3.63) is 63.0 Å². The Morgan fingerprint density at radius 1 is 1.17 bits per heavy atom. The van der Waals surface area contributed by atoms with Crippen LogP contribution in [0.15, 0.2) is 46.5 Å². The summed E-state index contributed by atoms with van der Waals surface area (Å²) in [6, 6.07) is 8.37. The van der Waals surface area contributed by atoms with Crippen LogP contribution < -0.4 is 14.8 Å². The number of rotatable bonds is 7. The summed E-state index contributed by atoms with van der Waals surface area (Å²) in [6.07, 6.45) is 2.13. The number of benzene rings is 2. The van der Waals surface area contributed by atoms with Crippen molar-refractivity contribution < 1.29 is 13.9 Å². The molecule has 0 radical (unpaired) electrons. The van der Waals surface area contributed by atoms with Crippen molar-refractivity contribution in [3.8, 4) is 11.5 Å². The van der Waals surface area contributed by atoms with Gasteiger partial charge in [-0.3, -0.25) is 0 Å². The normalized spacial score (nSPS) is 10.9. The second kappa shape index (κ2) is 8.93. The van der Waals surface area contributed by atoms with Crippen LogP contribution in [0.25, 0.3) is 10.9 Å². The van der Waals surface area contributed by atoms with Crippen LogP contribution in [0.3, 0.4) is 0 Å². The van der Waals surface area contributed by atoms with Gasteiger partial charge in [0.2, 0.25) is 0 Å². The number of ether oxygens (including phenoxy) is 2. The molecule has 1 N–H and O–H groups in total. The minimum Gasteiger partial charge on any atom is -0.493 e. The molecule has 2 heterocycles. The van der Waals surface area contributed by atoms with Crippen molar-refractivity contribution in [3.63, 3.8) is 0 Å². The highest BCUT2D eigenvalue weighted by Crippen LogP contribution is 2.35. The molecule has 0 bridgehead atoms. The first-order chi connectivity index (χ1) is 14.5. The van der Waals surface area contributed by atoms with Gasteiger partial charge in [-0.2, -0.15) is 0 Å². The molecule has 9 heteroatoms. The van der Waals surface area contributed by atoms with Gasteiger partial charge in [0.1, 0.15) is 18.0 Å². The third-order valence-electron chi connectivity index (χ3n) is 4.39. The Balaban J connectivity index is 1.60. The number of hydrogen-bond donors (Lipinski definition) is 1. The van der Waals surface area contributed by atoms with Crippen LogP contribution in [0.2, 0.25) is 0 Å². The predicted octanol–water partition coefficient (Wildman–Crippen LogP) is 5.67. The number of thiazole rings is 1. The highest BCUT2D eigenvalue weighted by Gasteiger charge is 2.13. The Morgan fingerprint density at radius 2 is 2.03 bits per heavy atom. The summed E-state index contributed by atoms with van der Waals surface area (Å²) in [5, 5.41) is 6.79. The molecule has 0 spiro atoms. The maximum absolute atomic E-state index is 14.2. The minimum atomic E-state index is -0.389. The van der Waals surface area contributed by atoms with E-state index in [9.17, 15) is 4.39 Å². The Kier molecular flexibility index (Phi) is 6.10. The first-order valence-electron chi connectivity index (χ1n) is 9.12. The molecule has 0 amide bonds. The number of nitrogens with one attached hydrogen (secondary N) is 1. The van der Waals surface area contributed by atoms with Crippen molar-refractivity contribution in [1.82, 2.24) is 15.0 Å². The van der Waals surface area contributed by atoms with Gasteiger partial charge in [0.15, 0.2) is 11.5 Å². The zero-order chi connectivity index (χ0) is 21.1. The summed E-state index contributed by atoms with van der Waals surface area (Å²) in [7, 11) is 1.57. The molecule has 2 aromatic carbocycles. The molecule has 0 unspecified atom stereocenters. The van der Waals surface area contributed by atoms with Gasteiger partial charge in [0.25, 0.3) is 0 Å². The van der Waals surface area contributed by atoms with E-state index in [0.717, 1.165) is 10.7 Å². The zero-order valence-electron chi connectivity index (χ0n) is 16.3. The number of methoxy groups -OCH3 is 1. The van der Waals surface area contributed by atoms with E-state index in [-0.39, 0.29) is 5.82 Å². The zero-order valence-corrected chi connectivity index (χ0v) is 18.7. The Hall–Kier alpha value is -2.78. The lowest BCUT2D eigenvalue weighted by molar-refractivity contribution is 0.297. The van der Waals surface area contributed by atoms with Crippen molar-refractivity contribution in [2.75, 3.05) is 19.0 Å². The number of aryl methyl sites for hydroxylation is 1. The fraction of sp³-hybridized carbons (Fsp3) is 0.190. The first-order valence-corrected chi connectivity index (χ1v) is 10.8. The summed E-state index contributed by atoms with van der Waals surface area (Å²) in [5.74, 6) is 1.21. The van der Waals surface area contributed by atoms with Gasteiger partial charge in [0, 0.05) is 27.7 Å². The van der Waals surface area contributed by atoms with Crippen molar-refractivity contribution >= 4 is 49.7 Å². The van der Waals surface area contributed by atoms with E-state index in [0.29, 0.717) is 51.4 Å². The van der Waals surface area contributed by atoms with Crippen LogP contribution in [-0.2, 0) is 6.42 Å². The third kappa shape index (κ3) is 4.52. The van der Waals surface area contributed by atoms with E-state index in [1.807, 2.05) is 12.3 Å². The summed E-state index contributed by atoms with van der Waals surface area (Å²) in [4.78, 5) is 13.0. The van der Waals surface area contributed by atoms with Gasteiger partial charge in [-0.05, 0) is 31.2 Å². The van der Waals surface area contributed by atoms with Gasteiger partial charge in [-0.1, -0.05) is 15.9 Å².